The van der Waals surface area contributed by atoms with Crippen LogP contribution in [0.1, 0.15) is 16.8 Å². The van der Waals surface area contributed by atoms with E-state index in [0.717, 1.165) is 22.4 Å². The first-order valence-electron chi connectivity index (χ1n) is 5.96. The topological polar surface area (TPSA) is 26.0 Å². The molecule has 0 bridgehead atoms. The van der Waals surface area contributed by atoms with E-state index in [9.17, 15) is 0 Å². The van der Waals surface area contributed by atoms with Crippen molar-refractivity contribution in [2.75, 3.05) is 0 Å². The molecule has 0 N–H and O–H groups in total. The number of para-hydroxylation sites is 1. The highest BCUT2D eigenvalue weighted by atomic mass is 79.9. The molecule has 0 aliphatic heterocycles. The molecular formula is C15H11BrClNO. The Kier molecular flexibility index (Phi) is 3.58. The molecule has 96 valence electrons. The highest BCUT2D eigenvalue weighted by molar-refractivity contribution is 9.10. The number of furan rings is 1. The first-order chi connectivity index (χ1) is 9.22. The number of rotatable bonds is 3. The lowest BCUT2D eigenvalue weighted by Crippen LogP contribution is -1.97. The van der Waals surface area contributed by atoms with Gasteiger partial charge in [0.05, 0.1) is 10.9 Å². The lowest BCUT2D eigenvalue weighted by atomic mass is 10.1. The van der Waals surface area contributed by atoms with E-state index >= 15 is 0 Å². The van der Waals surface area contributed by atoms with Crippen LogP contribution in [-0.2, 0) is 6.42 Å². The van der Waals surface area contributed by atoms with E-state index in [1.807, 2.05) is 42.5 Å². The molecule has 0 fully saturated rings. The van der Waals surface area contributed by atoms with E-state index < -0.39 is 0 Å². The zero-order valence-corrected chi connectivity index (χ0v) is 12.4. The smallest absolute Gasteiger partial charge is 0.169 e. The Hall–Kier alpha value is -1.32. The Morgan fingerprint density at radius 1 is 1.11 bits per heavy atom. The van der Waals surface area contributed by atoms with Gasteiger partial charge in [-0.25, -0.2) is 0 Å². The third-order valence-electron chi connectivity index (χ3n) is 2.95. The number of hydrogen-bond donors (Lipinski definition) is 0. The maximum atomic E-state index is 6.35. The molecule has 3 rings (SSSR count). The molecule has 1 unspecified atom stereocenters. The van der Waals surface area contributed by atoms with Crippen LogP contribution in [0.15, 0.2) is 57.6 Å². The molecule has 0 saturated carbocycles. The van der Waals surface area contributed by atoms with Crippen LogP contribution in [0, 0.1) is 0 Å². The second-order valence-corrected chi connectivity index (χ2v) is 5.62. The third kappa shape index (κ3) is 2.82. The van der Waals surface area contributed by atoms with Gasteiger partial charge >= 0.3 is 0 Å². The SMILES string of the molecule is ClC(Cc1ccc2ccccc2n1)c1ccc(Br)o1. The number of hydrogen-bond acceptors (Lipinski definition) is 2. The summed E-state index contributed by atoms with van der Waals surface area (Å²) in [5.41, 5.74) is 1.95. The largest absolute Gasteiger partial charge is 0.453 e. The van der Waals surface area contributed by atoms with Gasteiger partial charge in [0.2, 0.25) is 0 Å². The molecule has 1 atom stereocenters. The van der Waals surface area contributed by atoms with E-state index in [-0.39, 0.29) is 5.38 Å². The summed E-state index contributed by atoms with van der Waals surface area (Å²) < 4.78 is 6.16. The second-order valence-electron chi connectivity index (χ2n) is 4.31. The van der Waals surface area contributed by atoms with Gasteiger partial charge in [0.15, 0.2) is 4.67 Å². The molecule has 1 aromatic carbocycles. The highest BCUT2D eigenvalue weighted by Crippen LogP contribution is 2.28. The molecule has 3 aromatic rings. The molecule has 2 heterocycles. The molecule has 2 aromatic heterocycles. The molecule has 4 heteroatoms. The van der Waals surface area contributed by atoms with Gasteiger partial charge in [-0.2, -0.15) is 0 Å². The monoisotopic (exact) mass is 335 g/mol. The van der Waals surface area contributed by atoms with Crippen LogP contribution < -0.4 is 0 Å². The first-order valence-corrected chi connectivity index (χ1v) is 7.19. The van der Waals surface area contributed by atoms with Crippen molar-refractivity contribution in [2.45, 2.75) is 11.8 Å². The van der Waals surface area contributed by atoms with Crippen molar-refractivity contribution < 1.29 is 4.42 Å². The maximum absolute atomic E-state index is 6.35. The lowest BCUT2D eigenvalue weighted by Gasteiger charge is -2.07. The molecule has 0 aliphatic carbocycles. The van der Waals surface area contributed by atoms with Gasteiger partial charge < -0.3 is 4.42 Å². The van der Waals surface area contributed by atoms with Crippen LogP contribution >= 0.6 is 27.5 Å². The summed E-state index contributed by atoms with van der Waals surface area (Å²) in [6, 6.07) is 15.9. The molecule has 0 aliphatic rings. The predicted molar refractivity (Wildman–Crippen MR) is 80.4 cm³/mol. The Morgan fingerprint density at radius 2 is 1.95 bits per heavy atom. The molecule has 0 radical (unpaired) electrons. The minimum absolute atomic E-state index is 0.208. The Morgan fingerprint density at radius 3 is 2.74 bits per heavy atom. The third-order valence-corrected chi connectivity index (χ3v) is 3.74. The van der Waals surface area contributed by atoms with Crippen molar-refractivity contribution in [3.63, 3.8) is 0 Å². The van der Waals surface area contributed by atoms with Gasteiger partial charge in [-0.3, -0.25) is 4.98 Å². The molecule has 0 spiro atoms. The Bertz CT molecular complexity index is 710. The van der Waals surface area contributed by atoms with Gasteiger partial charge in [0.25, 0.3) is 0 Å². The number of halogens is 2. The van der Waals surface area contributed by atoms with Gasteiger partial charge in [0.1, 0.15) is 5.76 Å². The van der Waals surface area contributed by atoms with Crippen molar-refractivity contribution in [1.82, 2.24) is 4.98 Å². The van der Waals surface area contributed by atoms with Crippen LogP contribution in [-0.4, -0.2) is 4.98 Å². The van der Waals surface area contributed by atoms with E-state index in [1.165, 1.54) is 0 Å². The zero-order valence-electron chi connectivity index (χ0n) is 10.0. The Balaban J connectivity index is 1.84. The second kappa shape index (κ2) is 5.35. The number of nitrogens with zero attached hydrogens (tertiary/aromatic N) is 1. The molecule has 0 amide bonds. The number of benzene rings is 1. The fraction of sp³-hybridized carbons (Fsp3) is 0.133. The van der Waals surface area contributed by atoms with Gasteiger partial charge in [-0.05, 0) is 40.2 Å². The van der Waals surface area contributed by atoms with E-state index in [1.54, 1.807) is 0 Å². The van der Waals surface area contributed by atoms with Gasteiger partial charge in [-0.15, -0.1) is 11.6 Å². The fourth-order valence-corrected chi connectivity index (χ4v) is 2.60. The zero-order chi connectivity index (χ0) is 13.2. The van der Waals surface area contributed by atoms with Crippen molar-refractivity contribution in [3.05, 3.63) is 64.7 Å². The van der Waals surface area contributed by atoms with E-state index in [4.69, 9.17) is 16.0 Å². The summed E-state index contributed by atoms with van der Waals surface area (Å²) >= 11 is 9.63. The van der Waals surface area contributed by atoms with E-state index in [0.29, 0.717) is 11.1 Å². The van der Waals surface area contributed by atoms with Crippen molar-refractivity contribution in [3.8, 4) is 0 Å². The first kappa shape index (κ1) is 12.7. The number of fused-ring (bicyclic) bond motifs is 1. The van der Waals surface area contributed by atoms with Crippen LogP contribution in [0.25, 0.3) is 10.9 Å². The Labute approximate surface area is 124 Å². The van der Waals surface area contributed by atoms with Crippen LogP contribution in [0.4, 0.5) is 0 Å². The summed E-state index contributed by atoms with van der Waals surface area (Å²) in [6.07, 6.45) is 0.645. The van der Waals surface area contributed by atoms with Crippen LogP contribution in [0.3, 0.4) is 0 Å². The maximum Gasteiger partial charge on any atom is 0.169 e. The minimum Gasteiger partial charge on any atom is -0.453 e. The average molecular weight is 337 g/mol. The number of pyridine rings is 1. The summed E-state index contributed by atoms with van der Waals surface area (Å²) in [5.74, 6) is 0.753. The van der Waals surface area contributed by atoms with Crippen LogP contribution in [0.2, 0.25) is 0 Å². The summed E-state index contributed by atoms with van der Waals surface area (Å²) in [7, 11) is 0. The molecule has 0 saturated heterocycles. The normalized spacial score (nSPS) is 12.7. The standard InChI is InChI=1S/C15H11BrClNO/c16-15-8-7-14(19-15)12(17)9-11-6-5-10-3-1-2-4-13(10)18-11/h1-8,12H,9H2. The minimum atomic E-state index is -0.208. The lowest BCUT2D eigenvalue weighted by molar-refractivity contribution is 0.481. The number of alkyl halides is 1. The van der Waals surface area contributed by atoms with Crippen molar-refractivity contribution >= 4 is 38.4 Å². The molecule has 2 nitrogen and oxygen atoms in total. The van der Waals surface area contributed by atoms with Crippen molar-refractivity contribution in [1.29, 1.82) is 0 Å². The molecular weight excluding hydrogens is 326 g/mol. The quantitative estimate of drug-likeness (QED) is 0.621. The van der Waals surface area contributed by atoms with E-state index in [2.05, 4.69) is 27.0 Å². The molecule has 19 heavy (non-hydrogen) atoms. The van der Waals surface area contributed by atoms with Crippen LogP contribution in [0.5, 0.6) is 0 Å². The van der Waals surface area contributed by atoms with Gasteiger partial charge in [0, 0.05) is 17.5 Å². The fourth-order valence-electron chi connectivity index (χ4n) is 2.00. The van der Waals surface area contributed by atoms with Gasteiger partial charge in [-0.1, -0.05) is 24.3 Å². The summed E-state index contributed by atoms with van der Waals surface area (Å²) in [4.78, 5) is 4.61. The predicted octanol–water partition coefficient (Wildman–Crippen LogP) is 5.11. The number of aromatic nitrogens is 1. The average Bonchev–Trinajstić information content (AvgIpc) is 2.85. The summed E-state index contributed by atoms with van der Waals surface area (Å²) in [6.45, 7) is 0. The summed E-state index contributed by atoms with van der Waals surface area (Å²) in [5, 5.41) is 0.929. The van der Waals surface area contributed by atoms with Crippen molar-refractivity contribution in [2.24, 2.45) is 0 Å². The highest BCUT2D eigenvalue weighted by Gasteiger charge is 2.14.